The molecule has 28 heavy (non-hydrogen) atoms. The van der Waals surface area contributed by atoms with Crippen molar-refractivity contribution in [1.29, 1.82) is 0 Å². The molecule has 4 rings (SSSR count). The van der Waals surface area contributed by atoms with Gasteiger partial charge in [0.1, 0.15) is 5.82 Å². The molecule has 0 saturated carbocycles. The van der Waals surface area contributed by atoms with E-state index in [1.807, 2.05) is 35.0 Å². The van der Waals surface area contributed by atoms with E-state index in [-0.39, 0.29) is 11.9 Å². The Hall–Kier alpha value is -1.99. The van der Waals surface area contributed by atoms with Crippen LogP contribution < -0.4 is 5.32 Å². The molecule has 2 saturated heterocycles. The maximum atomic E-state index is 12.8. The lowest BCUT2D eigenvalue weighted by Crippen LogP contribution is -2.41. The van der Waals surface area contributed by atoms with Crippen LogP contribution in [0.15, 0.2) is 36.7 Å². The van der Waals surface area contributed by atoms with Gasteiger partial charge in [-0.05, 0) is 43.4 Å². The molecule has 6 nitrogen and oxygen atoms in total. The minimum absolute atomic E-state index is 0.0227. The molecule has 2 N–H and O–H groups in total. The fraction of sp³-hybridized carbons (Fsp3) is 0.524. The third-order valence-electron chi connectivity index (χ3n) is 5.45. The van der Waals surface area contributed by atoms with Gasteiger partial charge >= 0.3 is 6.03 Å². The number of urea groups is 1. The summed E-state index contributed by atoms with van der Waals surface area (Å²) in [6, 6.07) is 8.20. The Balaban J connectivity index is 1.31. The number of imidazole rings is 1. The summed E-state index contributed by atoms with van der Waals surface area (Å²) in [5.41, 5.74) is 2.12. The summed E-state index contributed by atoms with van der Waals surface area (Å²) in [5.74, 6) is 2.24. The van der Waals surface area contributed by atoms with Crippen molar-refractivity contribution >= 4 is 23.5 Å². The number of nitrogens with one attached hydrogen (secondary N) is 2. The van der Waals surface area contributed by atoms with E-state index in [0.717, 1.165) is 62.7 Å². The number of ether oxygens (including phenoxy) is 1. The van der Waals surface area contributed by atoms with Crippen molar-refractivity contribution in [3.05, 3.63) is 48.0 Å². The van der Waals surface area contributed by atoms with Crippen molar-refractivity contribution in [2.45, 2.75) is 42.6 Å². The van der Waals surface area contributed by atoms with E-state index in [1.165, 1.54) is 5.56 Å². The maximum absolute atomic E-state index is 12.8. The number of anilines is 1. The van der Waals surface area contributed by atoms with Crippen LogP contribution in [0.5, 0.6) is 0 Å². The van der Waals surface area contributed by atoms with E-state index in [9.17, 15) is 4.79 Å². The molecule has 1 unspecified atom stereocenters. The lowest BCUT2D eigenvalue weighted by atomic mass is 9.98. The molecule has 7 heteroatoms. The number of piperidine rings is 1. The molecule has 2 amide bonds. The Labute approximate surface area is 170 Å². The van der Waals surface area contributed by atoms with Crippen LogP contribution in [0.4, 0.5) is 10.5 Å². The lowest BCUT2D eigenvalue weighted by molar-refractivity contribution is 0.1000. The number of likely N-dealkylation sites (tertiary alicyclic amines) is 1. The Morgan fingerprint density at radius 1 is 1.32 bits per heavy atom. The molecule has 0 bridgehead atoms. The quantitative estimate of drug-likeness (QED) is 0.788. The Morgan fingerprint density at radius 3 is 3.04 bits per heavy atom. The van der Waals surface area contributed by atoms with E-state index in [1.54, 1.807) is 6.20 Å². The normalized spacial score (nSPS) is 20.9. The summed E-state index contributed by atoms with van der Waals surface area (Å²) < 4.78 is 5.43. The average Bonchev–Trinajstić information content (AvgIpc) is 3.28. The van der Waals surface area contributed by atoms with E-state index in [2.05, 4.69) is 27.4 Å². The minimum Gasteiger partial charge on any atom is -0.381 e. The molecule has 3 heterocycles. The zero-order valence-corrected chi connectivity index (χ0v) is 16.9. The molecule has 0 aliphatic carbocycles. The highest BCUT2D eigenvalue weighted by molar-refractivity contribution is 7.99. The molecule has 2 fully saturated rings. The topological polar surface area (TPSA) is 70.2 Å². The monoisotopic (exact) mass is 400 g/mol. The Bertz CT molecular complexity index is 762. The highest BCUT2D eigenvalue weighted by atomic mass is 32.2. The van der Waals surface area contributed by atoms with Crippen LogP contribution in [-0.2, 0) is 10.5 Å². The predicted octanol–water partition coefficient (Wildman–Crippen LogP) is 4.23. The maximum Gasteiger partial charge on any atom is 0.321 e. The number of benzene rings is 1. The number of hydrogen-bond donors (Lipinski definition) is 2. The van der Waals surface area contributed by atoms with Gasteiger partial charge in [0.15, 0.2) is 0 Å². The number of H-pyrrole nitrogens is 1. The zero-order valence-electron chi connectivity index (χ0n) is 16.1. The van der Waals surface area contributed by atoms with Gasteiger partial charge < -0.3 is 19.9 Å². The van der Waals surface area contributed by atoms with E-state index < -0.39 is 0 Å². The number of aromatic amines is 1. The summed E-state index contributed by atoms with van der Waals surface area (Å²) in [5, 5.41) is 3.76. The number of carbonyl (C=O) groups excluding carboxylic acids is 1. The summed E-state index contributed by atoms with van der Waals surface area (Å²) in [7, 11) is 0. The standard InChI is InChI=1S/C21H28N4O2S/c26-21(25-10-2-4-17(14-25)20-22-8-9-23-20)24-18-5-1-3-16(13-18)15-28-19-6-11-27-12-7-19/h1,3,5,8-9,13,17,19H,2,4,6-7,10-12,14-15H2,(H,22,23)(H,24,26). The predicted molar refractivity (Wildman–Crippen MR) is 113 cm³/mol. The van der Waals surface area contributed by atoms with Crippen LogP contribution in [0.1, 0.15) is 43.0 Å². The fourth-order valence-electron chi connectivity index (χ4n) is 3.88. The van der Waals surface area contributed by atoms with Crippen molar-refractivity contribution < 1.29 is 9.53 Å². The molecule has 1 atom stereocenters. The first kappa shape index (κ1) is 19.3. The smallest absolute Gasteiger partial charge is 0.321 e. The van der Waals surface area contributed by atoms with Gasteiger partial charge in [-0.15, -0.1) is 0 Å². The van der Waals surface area contributed by atoms with Crippen LogP contribution >= 0.6 is 11.8 Å². The van der Waals surface area contributed by atoms with E-state index in [0.29, 0.717) is 11.8 Å². The first-order valence-corrected chi connectivity index (χ1v) is 11.2. The van der Waals surface area contributed by atoms with Crippen molar-refractivity contribution in [3.63, 3.8) is 0 Å². The van der Waals surface area contributed by atoms with Gasteiger partial charge in [0.05, 0.1) is 0 Å². The molecular formula is C21H28N4O2S. The van der Waals surface area contributed by atoms with Crippen LogP contribution in [0.3, 0.4) is 0 Å². The van der Waals surface area contributed by atoms with Crippen LogP contribution in [-0.4, -0.2) is 52.5 Å². The van der Waals surface area contributed by atoms with Crippen molar-refractivity contribution in [1.82, 2.24) is 14.9 Å². The van der Waals surface area contributed by atoms with Crippen molar-refractivity contribution in [2.24, 2.45) is 0 Å². The molecule has 2 aliphatic heterocycles. The molecule has 2 aromatic rings. The lowest BCUT2D eigenvalue weighted by Gasteiger charge is -2.31. The molecular weight excluding hydrogens is 372 g/mol. The van der Waals surface area contributed by atoms with Crippen LogP contribution in [0.2, 0.25) is 0 Å². The SMILES string of the molecule is O=C(Nc1cccc(CSC2CCOCC2)c1)N1CCCC(c2ncc[nH]2)C1. The van der Waals surface area contributed by atoms with Gasteiger partial charge in [0.25, 0.3) is 0 Å². The highest BCUT2D eigenvalue weighted by Crippen LogP contribution is 2.27. The highest BCUT2D eigenvalue weighted by Gasteiger charge is 2.26. The van der Waals surface area contributed by atoms with Gasteiger partial charge in [-0.3, -0.25) is 0 Å². The van der Waals surface area contributed by atoms with Gasteiger partial charge in [-0.25, -0.2) is 9.78 Å². The molecule has 2 aliphatic rings. The molecule has 0 radical (unpaired) electrons. The van der Waals surface area contributed by atoms with E-state index >= 15 is 0 Å². The third kappa shape index (κ3) is 5.08. The summed E-state index contributed by atoms with van der Waals surface area (Å²) in [6.07, 6.45) is 7.95. The number of amides is 2. The number of thioether (sulfide) groups is 1. The largest absolute Gasteiger partial charge is 0.381 e. The fourth-order valence-corrected chi connectivity index (χ4v) is 5.02. The zero-order chi connectivity index (χ0) is 19.2. The van der Waals surface area contributed by atoms with Crippen molar-refractivity contribution in [3.8, 4) is 0 Å². The minimum atomic E-state index is -0.0227. The van der Waals surface area contributed by atoms with Gasteiger partial charge in [-0.2, -0.15) is 11.8 Å². The third-order valence-corrected chi connectivity index (χ3v) is 6.89. The number of nitrogens with zero attached hydrogens (tertiary/aromatic N) is 2. The average molecular weight is 401 g/mol. The number of carbonyl (C=O) groups is 1. The van der Waals surface area contributed by atoms with Gasteiger partial charge in [0, 0.05) is 61.3 Å². The molecule has 0 spiro atoms. The number of aromatic nitrogens is 2. The summed E-state index contributed by atoms with van der Waals surface area (Å²) >= 11 is 1.99. The Kier molecular flexibility index (Phi) is 6.54. The van der Waals surface area contributed by atoms with Crippen molar-refractivity contribution in [2.75, 3.05) is 31.6 Å². The van der Waals surface area contributed by atoms with Gasteiger partial charge in [-0.1, -0.05) is 12.1 Å². The first-order valence-electron chi connectivity index (χ1n) is 10.1. The molecule has 1 aromatic heterocycles. The summed E-state index contributed by atoms with van der Waals surface area (Å²) in [6.45, 7) is 3.26. The van der Waals surface area contributed by atoms with Crippen LogP contribution in [0.25, 0.3) is 0 Å². The summed E-state index contributed by atoms with van der Waals surface area (Å²) in [4.78, 5) is 22.2. The second-order valence-corrected chi connectivity index (χ2v) is 8.80. The second-order valence-electron chi connectivity index (χ2n) is 7.51. The first-order chi connectivity index (χ1) is 13.8. The number of hydrogen-bond acceptors (Lipinski definition) is 4. The number of rotatable bonds is 5. The second kappa shape index (κ2) is 9.47. The van der Waals surface area contributed by atoms with Crippen LogP contribution in [0, 0.1) is 0 Å². The van der Waals surface area contributed by atoms with E-state index in [4.69, 9.17) is 4.74 Å². The molecule has 150 valence electrons. The van der Waals surface area contributed by atoms with Gasteiger partial charge in [0.2, 0.25) is 0 Å². The molecule has 1 aromatic carbocycles. The Morgan fingerprint density at radius 2 is 2.21 bits per heavy atom.